The first-order valence-electron chi connectivity index (χ1n) is 2.13. The number of aliphatic hydroxyl groups excluding tert-OH is 1. The smallest absolute Gasteiger partial charge is 0.550 e. The van der Waals surface area contributed by atoms with Gasteiger partial charge in [-0.3, -0.25) is 0 Å². The zero-order valence-electron chi connectivity index (χ0n) is 5.07. The van der Waals surface area contributed by atoms with Gasteiger partial charge in [-0.15, -0.1) is 0 Å². The molecule has 1 unspecified atom stereocenters. The standard InChI is InChI=1S/C4H6O5.Cd/c5-2(4(8)9)1-3(6)7;/h2,5H,1H2,(H,6,7)(H,8,9);/q;+2/p-2. The van der Waals surface area contributed by atoms with Crippen LogP contribution in [-0.2, 0) is 36.9 Å². The second kappa shape index (κ2) is 5.60. The van der Waals surface area contributed by atoms with Crippen LogP contribution in [0.2, 0.25) is 0 Å². The summed E-state index contributed by atoms with van der Waals surface area (Å²) in [7, 11) is 0. The minimum absolute atomic E-state index is 0. The van der Waals surface area contributed by atoms with E-state index in [0.717, 1.165) is 0 Å². The summed E-state index contributed by atoms with van der Waals surface area (Å²) < 4.78 is 0. The summed E-state index contributed by atoms with van der Waals surface area (Å²) in [5.41, 5.74) is 0. The van der Waals surface area contributed by atoms with Gasteiger partial charge in [-0.1, -0.05) is 0 Å². The molecular weight excluding hydrogens is 240 g/mol. The molecule has 1 atom stereocenters. The molecule has 5 nitrogen and oxygen atoms in total. The van der Waals surface area contributed by atoms with Crippen LogP contribution in [0.25, 0.3) is 0 Å². The van der Waals surface area contributed by atoms with Crippen LogP contribution in [0.15, 0.2) is 0 Å². The average Bonchev–Trinajstić information content (AvgIpc) is 1.63. The molecule has 0 saturated heterocycles. The predicted octanol–water partition coefficient (Wildman–Crippen LogP) is -3.77. The summed E-state index contributed by atoms with van der Waals surface area (Å²) in [6.45, 7) is 0. The number of carbonyl (C=O) groups is 2. The summed E-state index contributed by atoms with van der Waals surface area (Å²) in [5.74, 6) is -3.43. The Morgan fingerprint density at radius 1 is 1.40 bits per heavy atom. The molecule has 1 N–H and O–H groups in total. The molecule has 0 bridgehead atoms. The maximum Gasteiger partial charge on any atom is 2.00 e. The van der Waals surface area contributed by atoms with Crippen molar-refractivity contribution in [2.24, 2.45) is 0 Å². The van der Waals surface area contributed by atoms with Crippen molar-refractivity contribution in [3.63, 3.8) is 0 Å². The monoisotopic (exact) mass is 246 g/mol. The average molecular weight is 244 g/mol. The quantitative estimate of drug-likeness (QED) is 0.514. The van der Waals surface area contributed by atoms with Crippen LogP contribution in [-0.4, -0.2) is 23.1 Å². The van der Waals surface area contributed by atoms with Crippen molar-refractivity contribution in [2.75, 3.05) is 0 Å². The van der Waals surface area contributed by atoms with Crippen molar-refractivity contribution in [1.29, 1.82) is 0 Å². The van der Waals surface area contributed by atoms with Gasteiger partial charge in [0.25, 0.3) is 0 Å². The predicted molar refractivity (Wildman–Crippen MR) is 20.6 cm³/mol. The largest absolute Gasteiger partial charge is 2.00 e. The summed E-state index contributed by atoms with van der Waals surface area (Å²) in [5, 5.41) is 27.3. The van der Waals surface area contributed by atoms with E-state index < -0.39 is 24.5 Å². The maximum atomic E-state index is 9.58. The third-order valence-electron chi connectivity index (χ3n) is 0.632. The molecule has 0 spiro atoms. The number of aliphatic hydroxyl groups is 1. The van der Waals surface area contributed by atoms with E-state index in [-0.39, 0.29) is 27.3 Å². The minimum atomic E-state index is -1.96. The first kappa shape index (κ1) is 12.5. The molecule has 0 aromatic carbocycles. The fourth-order valence-corrected chi connectivity index (χ4v) is 0.241. The topological polar surface area (TPSA) is 100 Å². The Morgan fingerprint density at radius 3 is 1.90 bits per heavy atom. The molecule has 0 rings (SSSR count). The molecular formula is C4H4CdO5. The van der Waals surface area contributed by atoms with Crippen molar-refractivity contribution >= 4 is 11.9 Å². The maximum absolute atomic E-state index is 9.58. The molecule has 0 heterocycles. The Bertz CT molecular complexity index is 134. The molecule has 0 aliphatic heterocycles. The molecule has 10 heavy (non-hydrogen) atoms. The van der Waals surface area contributed by atoms with Crippen LogP contribution in [0.3, 0.4) is 0 Å². The Labute approximate surface area is 76.8 Å². The first-order valence-corrected chi connectivity index (χ1v) is 2.13. The van der Waals surface area contributed by atoms with Crippen LogP contribution in [0, 0.1) is 0 Å². The fraction of sp³-hybridized carbons (Fsp3) is 0.500. The van der Waals surface area contributed by atoms with E-state index in [1.165, 1.54) is 0 Å². The number of hydrogen-bond donors (Lipinski definition) is 1. The van der Waals surface area contributed by atoms with E-state index in [4.69, 9.17) is 5.11 Å². The van der Waals surface area contributed by atoms with Gasteiger partial charge < -0.3 is 24.9 Å². The number of carboxylic acids is 2. The second-order valence-corrected chi connectivity index (χ2v) is 1.41. The van der Waals surface area contributed by atoms with E-state index in [0.29, 0.717) is 0 Å². The molecule has 0 aliphatic carbocycles. The van der Waals surface area contributed by atoms with Gasteiger partial charge in [0, 0.05) is 12.4 Å². The van der Waals surface area contributed by atoms with E-state index in [2.05, 4.69) is 0 Å². The first-order chi connectivity index (χ1) is 4.04. The van der Waals surface area contributed by atoms with E-state index in [1.54, 1.807) is 0 Å². The summed E-state index contributed by atoms with van der Waals surface area (Å²) in [4.78, 5) is 19.1. The van der Waals surface area contributed by atoms with Crippen molar-refractivity contribution in [3.8, 4) is 0 Å². The third kappa shape index (κ3) is 5.95. The Balaban J connectivity index is 0. The normalized spacial score (nSPS) is 11.3. The summed E-state index contributed by atoms with van der Waals surface area (Å²) in [6, 6.07) is 0. The van der Waals surface area contributed by atoms with E-state index in [1.807, 2.05) is 0 Å². The van der Waals surface area contributed by atoms with Gasteiger partial charge in [-0.05, 0) is 0 Å². The number of aliphatic carboxylic acids is 2. The van der Waals surface area contributed by atoms with Crippen LogP contribution in [0.1, 0.15) is 6.42 Å². The van der Waals surface area contributed by atoms with Gasteiger partial charge in [-0.2, -0.15) is 0 Å². The van der Waals surface area contributed by atoms with E-state index in [9.17, 15) is 19.8 Å². The van der Waals surface area contributed by atoms with Gasteiger partial charge in [0.2, 0.25) is 0 Å². The Hall–Kier alpha value is -0.178. The van der Waals surface area contributed by atoms with E-state index >= 15 is 0 Å². The van der Waals surface area contributed by atoms with Gasteiger partial charge in [0.05, 0.1) is 12.1 Å². The molecule has 0 aromatic heterocycles. The fourth-order valence-electron chi connectivity index (χ4n) is 0.241. The molecule has 0 fully saturated rings. The molecule has 6 heteroatoms. The number of rotatable bonds is 3. The van der Waals surface area contributed by atoms with Crippen molar-refractivity contribution in [2.45, 2.75) is 12.5 Å². The van der Waals surface area contributed by atoms with Crippen LogP contribution < -0.4 is 10.2 Å². The Kier molecular flexibility index (Phi) is 6.99. The molecule has 0 radical (unpaired) electrons. The van der Waals surface area contributed by atoms with Gasteiger partial charge in [0.15, 0.2) is 0 Å². The van der Waals surface area contributed by atoms with Gasteiger partial charge in [-0.25, -0.2) is 0 Å². The minimum Gasteiger partial charge on any atom is -0.550 e. The molecule has 0 aliphatic rings. The SMILES string of the molecule is O=C([O-])CC(O)C(=O)[O-].[Cd+2]. The van der Waals surface area contributed by atoms with Crippen molar-refractivity contribution < 1.29 is 52.2 Å². The van der Waals surface area contributed by atoms with Crippen molar-refractivity contribution in [1.82, 2.24) is 0 Å². The summed E-state index contributed by atoms with van der Waals surface area (Å²) >= 11 is 0. The van der Waals surface area contributed by atoms with Crippen molar-refractivity contribution in [3.05, 3.63) is 0 Å². The molecule has 0 aromatic rings. The third-order valence-corrected chi connectivity index (χ3v) is 0.632. The van der Waals surface area contributed by atoms with Crippen LogP contribution >= 0.6 is 0 Å². The zero-order chi connectivity index (χ0) is 7.44. The number of carbonyl (C=O) groups excluding carboxylic acids is 2. The molecule has 52 valence electrons. The number of carboxylic acid groups (broad SMARTS) is 2. The number of hydrogen-bond acceptors (Lipinski definition) is 5. The summed E-state index contributed by atoms with van der Waals surface area (Å²) in [6.07, 6.45) is -2.89. The Morgan fingerprint density at radius 2 is 1.80 bits per heavy atom. The second-order valence-electron chi connectivity index (χ2n) is 1.41. The van der Waals surface area contributed by atoms with Gasteiger partial charge >= 0.3 is 27.3 Å². The molecule has 0 amide bonds. The van der Waals surface area contributed by atoms with Crippen LogP contribution in [0.5, 0.6) is 0 Å². The van der Waals surface area contributed by atoms with Crippen LogP contribution in [0.4, 0.5) is 0 Å². The van der Waals surface area contributed by atoms with Gasteiger partial charge in [0.1, 0.15) is 0 Å². The molecule has 0 saturated carbocycles. The zero-order valence-corrected chi connectivity index (χ0v) is 9.11.